The van der Waals surface area contributed by atoms with Crippen LogP contribution in [-0.2, 0) is 23.0 Å². The number of ketones is 1. The second kappa shape index (κ2) is 10.1. The van der Waals surface area contributed by atoms with Gasteiger partial charge in [-0.2, -0.15) is 4.98 Å². The van der Waals surface area contributed by atoms with Crippen molar-refractivity contribution in [3.05, 3.63) is 89.5 Å². The Hall–Kier alpha value is -4.90. The van der Waals surface area contributed by atoms with Gasteiger partial charge in [-0.3, -0.25) is 9.10 Å². The molecule has 5 heterocycles. The number of anilines is 1. The summed E-state index contributed by atoms with van der Waals surface area (Å²) in [5, 5.41) is 0.880. The number of furan rings is 1. The number of aryl methyl sites for hydroxylation is 2. The Labute approximate surface area is 251 Å². The Morgan fingerprint density at radius 1 is 1.02 bits per heavy atom. The maximum Gasteiger partial charge on any atom is 0.233 e. The smallest absolute Gasteiger partial charge is 0.233 e. The van der Waals surface area contributed by atoms with E-state index >= 15 is 0 Å². The van der Waals surface area contributed by atoms with Gasteiger partial charge in [-0.15, -0.1) is 0 Å². The summed E-state index contributed by atoms with van der Waals surface area (Å²) in [5.41, 5.74) is 4.74. The topological polar surface area (TPSA) is 98.3 Å². The molecule has 0 aliphatic carbocycles. The zero-order valence-electron chi connectivity index (χ0n) is 24.1. The van der Waals surface area contributed by atoms with Crippen LogP contribution in [0, 0.1) is 11.6 Å². The molecule has 6 aromatic rings. The minimum atomic E-state index is -3.78. The van der Waals surface area contributed by atoms with Crippen LogP contribution >= 0.6 is 0 Å². The predicted molar refractivity (Wildman–Crippen MR) is 165 cm³/mol. The van der Waals surface area contributed by atoms with Gasteiger partial charge in [-0.25, -0.2) is 22.2 Å². The third-order valence-electron chi connectivity index (χ3n) is 8.16. The lowest BCUT2D eigenvalue weighted by Crippen LogP contribution is -2.26. The molecule has 7 rings (SSSR count). The van der Waals surface area contributed by atoms with E-state index in [9.17, 15) is 22.0 Å². The van der Waals surface area contributed by atoms with E-state index in [1.54, 1.807) is 31.2 Å². The number of carbonyl (C=O) groups excluding carboxylic acids is 1. The molecule has 2 aromatic carbocycles. The summed E-state index contributed by atoms with van der Waals surface area (Å²) in [7, 11) is -2.39. The molecular formula is C33H26F2N4O4S. The van der Waals surface area contributed by atoms with Crippen LogP contribution in [0.15, 0.2) is 71.1 Å². The average molecular weight is 613 g/mol. The van der Waals surface area contributed by atoms with E-state index < -0.39 is 15.8 Å². The van der Waals surface area contributed by atoms with Gasteiger partial charge >= 0.3 is 0 Å². The molecule has 0 spiro atoms. The van der Waals surface area contributed by atoms with Crippen molar-refractivity contribution in [2.45, 2.75) is 26.3 Å². The van der Waals surface area contributed by atoms with E-state index in [1.807, 2.05) is 16.7 Å². The lowest BCUT2D eigenvalue weighted by atomic mass is 9.99. The van der Waals surface area contributed by atoms with Crippen LogP contribution in [0.2, 0.25) is 0 Å². The van der Waals surface area contributed by atoms with E-state index in [2.05, 4.69) is 4.98 Å². The summed E-state index contributed by atoms with van der Waals surface area (Å²) < 4.78 is 63.1. The van der Waals surface area contributed by atoms with Crippen molar-refractivity contribution >= 4 is 43.6 Å². The van der Waals surface area contributed by atoms with Gasteiger partial charge < -0.3 is 8.98 Å². The van der Waals surface area contributed by atoms with Crippen molar-refractivity contribution in [1.29, 1.82) is 0 Å². The highest BCUT2D eigenvalue weighted by molar-refractivity contribution is 7.92. The molecule has 0 saturated carbocycles. The molecule has 0 radical (unpaired) electrons. The minimum Gasteiger partial charge on any atom is -0.437 e. The highest BCUT2D eigenvalue weighted by Crippen LogP contribution is 2.41. The Bertz CT molecular complexity index is 2260. The largest absolute Gasteiger partial charge is 0.437 e. The third-order valence-corrected chi connectivity index (χ3v) is 9.33. The Morgan fingerprint density at radius 3 is 2.52 bits per heavy atom. The van der Waals surface area contributed by atoms with Crippen molar-refractivity contribution in [1.82, 2.24) is 14.5 Å². The van der Waals surface area contributed by atoms with E-state index in [0.717, 1.165) is 27.3 Å². The van der Waals surface area contributed by atoms with Crippen LogP contribution in [-0.4, -0.2) is 42.0 Å². The number of Topliss-reactive ketones (excluding diaryl/α,β-unsaturated/α-hetero) is 1. The molecule has 0 fully saturated rings. The van der Waals surface area contributed by atoms with Gasteiger partial charge in [0, 0.05) is 36.5 Å². The first-order chi connectivity index (χ1) is 21.0. The molecule has 1 aliphatic rings. The number of sulfonamides is 1. The van der Waals surface area contributed by atoms with E-state index in [1.165, 1.54) is 37.4 Å². The summed E-state index contributed by atoms with van der Waals surface area (Å²) in [6.07, 6.45) is 1.91. The number of benzene rings is 2. The van der Waals surface area contributed by atoms with Crippen molar-refractivity contribution in [3.63, 3.8) is 0 Å². The number of hydrogen-bond acceptors (Lipinski definition) is 6. The molecule has 0 unspecified atom stereocenters. The first-order valence-electron chi connectivity index (χ1n) is 14.0. The fourth-order valence-electron chi connectivity index (χ4n) is 5.84. The first-order valence-corrected chi connectivity index (χ1v) is 15.9. The zero-order chi connectivity index (χ0) is 30.9. The Morgan fingerprint density at radius 2 is 1.80 bits per heavy atom. The molecule has 0 saturated heterocycles. The SMILES string of the molecule is CCC(=O)c1c(-c2ccc(F)cc2)oc2nc(N(C)S(C)(=O)=O)c(-c3ccc4c(n3)-c3cc5c(F)cccc5n3CC4)cc12. The Balaban J connectivity index is 1.50. The van der Waals surface area contributed by atoms with Crippen LogP contribution in [0.3, 0.4) is 0 Å². The van der Waals surface area contributed by atoms with Gasteiger partial charge in [0.1, 0.15) is 17.4 Å². The summed E-state index contributed by atoms with van der Waals surface area (Å²) >= 11 is 0. The van der Waals surface area contributed by atoms with Crippen LogP contribution in [0.5, 0.6) is 0 Å². The molecule has 1 aliphatic heterocycles. The molecule has 0 atom stereocenters. The zero-order valence-corrected chi connectivity index (χ0v) is 24.9. The number of carbonyl (C=O) groups is 1. The maximum absolute atomic E-state index is 14.7. The lowest BCUT2D eigenvalue weighted by Gasteiger charge is -2.22. The van der Waals surface area contributed by atoms with Crippen LogP contribution in [0.4, 0.5) is 14.6 Å². The van der Waals surface area contributed by atoms with E-state index in [-0.39, 0.29) is 40.9 Å². The highest BCUT2D eigenvalue weighted by Gasteiger charge is 2.28. The summed E-state index contributed by atoms with van der Waals surface area (Å²) in [6, 6.07) is 17.7. The van der Waals surface area contributed by atoms with Gasteiger partial charge in [0.2, 0.25) is 15.7 Å². The molecule has 0 amide bonds. The number of rotatable bonds is 6. The van der Waals surface area contributed by atoms with Crippen LogP contribution in [0.25, 0.3) is 56.0 Å². The molecule has 222 valence electrons. The molecule has 0 bridgehead atoms. The van der Waals surface area contributed by atoms with Crippen molar-refractivity contribution in [2.24, 2.45) is 0 Å². The molecule has 11 heteroatoms. The first kappa shape index (κ1) is 27.9. The van der Waals surface area contributed by atoms with Crippen molar-refractivity contribution < 1.29 is 26.4 Å². The summed E-state index contributed by atoms with van der Waals surface area (Å²) in [4.78, 5) is 22.9. The number of nitrogens with zero attached hydrogens (tertiary/aromatic N) is 4. The normalized spacial score (nSPS) is 12.8. The second-order valence-electron chi connectivity index (χ2n) is 10.8. The lowest BCUT2D eigenvalue weighted by molar-refractivity contribution is 0.0989. The summed E-state index contributed by atoms with van der Waals surface area (Å²) in [5.74, 6) is -0.700. The number of halogens is 2. The molecule has 8 nitrogen and oxygen atoms in total. The van der Waals surface area contributed by atoms with Gasteiger partial charge in [0.25, 0.3) is 0 Å². The average Bonchev–Trinajstić information content (AvgIpc) is 3.59. The predicted octanol–water partition coefficient (Wildman–Crippen LogP) is 7.00. The molecular weight excluding hydrogens is 586 g/mol. The monoisotopic (exact) mass is 612 g/mol. The fourth-order valence-corrected chi connectivity index (χ4v) is 6.29. The standard InChI is InChI=1S/C33H26F2N4O4S/c1-4-28(40)29-23-16-22(32(38(2)44(3,41)42)37-33(23)43-31(29)19-8-11-20(34)12-9-19)25-13-10-18-14-15-39-26-7-5-6-24(35)21(26)17-27(39)30(18)36-25/h5-13,16-17H,4,14-15H2,1-3H3. The maximum atomic E-state index is 14.7. The Kier molecular flexibility index (Phi) is 6.40. The number of hydrogen-bond donors (Lipinski definition) is 0. The van der Waals surface area contributed by atoms with Crippen LogP contribution in [0.1, 0.15) is 29.3 Å². The summed E-state index contributed by atoms with van der Waals surface area (Å²) in [6.45, 7) is 2.39. The number of aromatic nitrogens is 3. The molecule has 44 heavy (non-hydrogen) atoms. The van der Waals surface area contributed by atoms with Gasteiger partial charge in [-0.1, -0.05) is 19.1 Å². The van der Waals surface area contributed by atoms with E-state index in [4.69, 9.17) is 9.40 Å². The second-order valence-corrected chi connectivity index (χ2v) is 12.9. The minimum absolute atomic E-state index is 0.0592. The quantitative estimate of drug-likeness (QED) is 0.188. The fraction of sp³-hybridized carbons (Fsp3) is 0.182. The van der Waals surface area contributed by atoms with Gasteiger partial charge in [0.05, 0.1) is 39.8 Å². The van der Waals surface area contributed by atoms with Crippen molar-refractivity contribution in [2.75, 3.05) is 17.6 Å². The van der Waals surface area contributed by atoms with Crippen molar-refractivity contribution in [3.8, 4) is 34.0 Å². The van der Waals surface area contributed by atoms with E-state index in [0.29, 0.717) is 46.3 Å². The third kappa shape index (κ3) is 4.38. The van der Waals surface area contributed by atoms with Gasteiger partial charge in [-0.05, 0) is 66.6 Å². The van der Waals surface area contributed by atoms with Gasteiger partial charge in [0.15, 0.2) is 11.6 Å². The number of pyridine rings is 2. The van der Waals surface area contributed by atoms with Crippen LogP contribution < -0.4 is 4.31 Å². The molecule has 4 aromatic heterocycles. The number of fused-ring (bicyclic) bond motifs is 6. The highest BCUT2D eigenvalue weighted by atomic mass is 32.2. The molecule has 0 N–H and O–H groups in total.